The molecule has 4 aromatic carbocycles. The molecule has 0 saturated heterocycles. The molecule has 8 nitrogen and oxygen atoms in total. The van der Waals surface area contributed by atoms with Crippen molar-refractivity contribution in [3.05, 3.63) is 120 Å². The third-order valence-corrected chi connectivity index (χ3v) is 8.43. The first-order valence-electron chi connectivity index (χ1n) is 14.1. The van der Waals surface area contributed by atoms with Gasteiger partial charge in [0.05, 0.1) is 12.0 Å². The van der Waals surface area contributed by atoms with Crippen molar-refractivity contribution in [2.24, 2.45) is 5.92 Å². The minimum Gasteiger partial charge on any atom is -0.463 e. The average molecular weight is 600 g/mol. The molecule has 1 N–H and O–H groups in total. The van der Waals surface area contributed by atoms with E-state index in [1.54, 1.807) is 44.2 Å². The quantitative estimate of drug-likeness (QED) is 0.164. The summed E-state index contributed by atoms with van der Waals surface area (Å²) >= 11 is 0. The maximum atomic E-state index is 12.9. The lowest BCUT2D eigenvalue weighted by Crippen LogP contribution is -2.36. The van der Waals surface area contributed by atoms with E-state index in [1.165, 1.54) is 24.3 Å². The van der Waals surface area contributed by atoms with E-state index in [4.69, 9.17) is 13.7 Å². The van der Waals surface area contributed by atoms with Gasteiger partial charge < -0.3 is 19.0 Å². The Hall–Kier alpha value is -4.63. The van der Waals surface area contributed by atoms with Crippen molar-refractivity contribution >= 4 is 22.2 Å². The number of hydrogen-bond acceptors (Lipinski definition) is 7. The molecule has 0 aromatic heterocycles. The van der Waals surface area contributed by atoms with Gasteiger partial charge in [0.25, 0.3) is 0 Å². The normalized spacial score (nSPS) is 13.1. The Morgan fingerprint density at radius 3 is 1.98 bits per heavy atom. The Morgan fingerprint density at radius 2 is 1.37 bits per heavy atom. The van der Waals surface area contributed by atoms with Gasteiger partial charge in [-0.2, -0.15) is 8.42 Å². The molecule has 1 unspecified atom stereocenters. The van der Waals surface area contributed by atoms with E-state index in [-0.39, 0.29) is 42.2 Å². The number of hydrogen-bond donors (Lipinski definition) is 1. The number of fused-ring (bicyclic) bond motifs is 3. The number of benzene rings is 4. The fourth-order valence-corrected chi connectivity index (χ4v) is 6.10. The molecule has 1 atom stereocenters. The van der Waals surface area contributed by atoms with Crippen LogP contribution in [-0.2, 0) is 30.8 Å². The van der Waals surface area contributed by atoms with Crippen LogP contribution in [0, 0.1) is 5.92 Å². The summed E-state index contributed by atoms with van der Waals surface area (Å²) < 4.78 is 41.4. The summed E-state index contributed by atoms with van der Waals surface area (Å²) in [4.78, 5) is 25.7. The zero-order chi connectivity index (χ0) is 30.4. The average Bonchev–Trinajstić information content (AvgIpc) is 3.32. The van der Waals surface area contributed by atoms with Crippen molar-refractivity contribution in [1.82, 2.24) is 5.32 Å². The number of nitrogens with one attached hydrogen (secondary N) is 1. The number of carbonyl (C=O) groups is 2. The predicted octanol–water partition coefficient (Wildman–Crippen LogP) is 6.10. The lowest BCUT2D eigenvalue weighted by atomic mass is 9.98. The number of esters is 1. The Balaban J connectivity index is 1.20. The van der Waals surface area contributed by atoms with E-state index >= 15 is 0 Å². The van der Waals surface area contributed by atoms with E-state index in [2.05, 4.69) is 17.4 Å². The van der Waals surface area contributed by atoms with E-state index in [0.717, 1.165) is 27.8 Å². The summed E-state index contributed by atoms with van der Waals surface area (Å²) in [5, 5.41) is 2.72. The van der Waals surface area contributed by atoms with Crippen LogP contribution in [0.3, 0.4) is 0 Å². The van der Waals surface area contributed by atoms with Gasteiger partial charge >= 0.3 is 22.2 Å². The van der Waals surface area contributed by atoms with Crippen LogP contribution in [0.1, 0.15) is 36.5 Å². The smallest absolute Gasteiger partial charge is 0.407 e. The number of ether oxygens (including phenoxy) is 2. The highest BCUT2D eigenvalue weighted by Crippen LogP contribution is 2.44. The zero-order valence-corrected chi connectivity index (χ0v) is 24.8. The standard InChI is InChI=1S/C34H33NO7S/c1-23(2)41-33(36)25(20-24-16-18-26(19-17-24)42-43(38,39)27-10-4-3-5-11-27)21-35-34(37)40-22-32-30-14-8-6-12-28(30)29-13-7-9-15-31(29)32/h3-19,23,25,32H,20-22H2,1-2H3,(H,35,37). The second-order valence-electron chi connectivity index (χ2n) is 10.6. The summed E-state index contributed by atoms with van der Waals surface area (Å²) in [5.74, 6) is -1.08. The molecule has 0 spiro atoms. The molecular weight excluding hydrogens is 566 g/mol. The molecule has 222 valence electrons. The topological polar surface area (TPSA) is 108 Å². The van der Waals surface area contributed by atoms with Crippen LogP contribution < -0.4 is 9.50 Å². The minimum absolute atomic E-state index is 0.00284. The molecule has 0 fully saturated rings. The van der Waals surface area contributed by atoms with Gasteiger partial charge in [0.1, 0.15) is 17.3 Å². The SMILES string of the molecule is CC(C)OC(=O)C(CNC(=O)OCC1c2ccccc2-c2ccccc21)Cc1ccc(OS(=O)(=O)c2ccccc2)cc1. The van der Waals surface area contributed by atoms with Gasteiger partial charge in [0.15, 0.2) is 0 Å². The molecule has 0 bridgehead atoms. The van der Waals surface area contributed by atoms with Crippen LogP contribution in [-0.4, -0.2) is 39.7 Å². The molecule has 1 amide bonds. The van der Waals surface area contributed by atoms with Gasteiger partial charge in [-0.3, -0.25) is 4.79 Å². The Bertz CT molecular complexity index is 1640. The first-order valence-corrected chi connectivity index (χ1v) is 15.5. The van der Waals surface area contributed by atoms with E-state index in [0.29, 0.717) is 0 Å². The zero-order valence-electron chi connectivity index (χ0n) is 23.9. The monoisotopic (exact) mass is 599 g/mol. The summed E-state index contributed by atoms with van der Waals surface area (Å²) in [6.45, 7) is 3.68. The predicted molar refractivity (Wildman–Crippen MR) is 162 cm³/mol. The fourth-order valence-electron chi connectivity index (χ4n) is 5.15. The highest BCUT2D eigenvalue weighted by molar-refractivity contribution is 7.87. The highest BCUT2D eigenvalue weighted by Gasteiger charge is 2.29. The van der Waals surface area contributed by atoms with Crippen LogP contribution in [0.25, 0.3) is 11.1 Å². The molecule has 9 heteroatoms. The van der Waals surface area contributed by atoms with Crippen molar-refractivity contribution in [1.29, 1.82) is 0 Å². The molecule has 5 rings (SSSR count). The van der Waals surface area contributed by atoms with Crippen LogP contribution in [0.4, 0.5) is 4.79 Å². The molecule has 0 aliphatic heterocycles. The second kappa shape index (κ2) is 13.1. The maximum Gasteiger partial charge on any atom is 0.407 e. The van der Waals surface area contributed by atoms with Crippen molar-refractivity contribution < 1.29 is 31.7 Å². The lowest BCUT2D eigenvalue weighted by molar-refractivity contribution is -0.152. The van der Waals surface area contributed by atoms with Crippen molar-refractivity contribution in [3.63, 3.8) is 0 Å². The van der Waals surface area contributed by atoms with Crippen LogP contribution in [0.15, 0.2) is 108 Å². The molecular formula is C34H33NO7S. The van der Waals surface area contributed by atoms with E-state index < -0.39 is 28.1 Å². The molecule has 0 saturated carbocycles. The molecule has 1 aliphatic carbocycles. The number of amides is 1. The van der Waals surface area contributed by atoms with Crippen LogP contribution in [0.5, 0.6) is 5.75 Å². The first kappa shape index (κ1) is 29.8. The number of rotatable bonds is 11. The molecule has 1 aliphatic rings. The second-order valence-corrected chi connectivity index (χ2v) is 12.1. The Morgan fingerprint density at radius 1 is 0.791 bits per heavy atom. The van der Waals surface area contributed by atoms with Gasteiger partial charge in [-0.25, -0.2) is 4.79 Å². The molecule has 4 aromatic rings. The molecule has 0 heterocycles. The van der Waals surface area contributed by atoms with Crippen molar-refractivity contribution in [2.75, 3.05) is 13.2 Å². The maximum absolute atomic E-state index is 12.9. The van der Waals surface area contributed by atoms with Gasteiger partial charge in [-0.05, 0) is 72.4 Å². The fraction of sp³-hybridized carbons (Fsp3) is 0.235. The summed E-state index contributed by atoms with van der Waals surface area (Å²) in [5.41, 5.74) is 5.23. The number of carbonyl (C=O) groups excluding carboxylic acids is 2. The lowest BCUT2D eigenvalue weighted by Gasteiger charge is -2.19. The van der Waals surface area contributed by atoms with Gasteiger partial charge in [-0.1, -0.05) is 78.9 Å². The third-order valence-electron chi connectivity index (χ3n) is 7.16. The van der Waals surface area contributed by atoms with Crippen molar-refractivity contribution in [2.45, 2.75) is 37.2 Å². The largest absolute Gasteiger partial charge is 0.463 e. The van der Waals surface area contributed by atoms with Gasteiger partial charge in [0.2, 0.25) is 0 Å². The third kappa shape index (κ3) is 7.24. The first-order chi connectivity index (χ1) is 20.7. The van der Waals surface area contributed by atoms with Gasteiger partial charge in [-0.15, -0.1) is 0 Å². The Labute approximate surface area is 251 Å². The van der Waals surface area contributed by atoms with Crippen LogP contribution in [0.2, 0.25) is 0 Å². The molecule has 0 radical (unpaired) electrons. The van der Waals surface area contributed by atoms with Crippen LogP contribution >= 0.6 is 0 Å². The van der Waals surface area contributed by atoms with E-state index in [9.17, 15) is 18.0 Å². The number of alkyl carbamates (subject to hydrolysis) is 1. The molecule has 43 heavy (non-hydrogen) atoms. The van der Waals surface area contributed by atoms with Crippen molar-refractivity contribution in [3.8, 4) is 16.9 Å². The van der Waals surface area contributed by atoms with Gasteiger partial charge in [0, 0.05) is 12.5 Å². The Kier molecular flexibility index (Phi) is 9.11. The summed E-state index contributed by atoms with van der Waals surface area (Å²) in [6, 6.07) is 30.5. The summed E-state index contributed by atoms with van der Waals surface area (Å²) in [6.07, 6.45) is -0.705. The summed E-state index contributed by atoms with van der Waals surface area (Å²) in [7, 11) is -3.97. The highest BCUT2D eigenvalue weighted by atomic mass is 32.2. The van der Waals surface area contributed by atoms with E-state index in [1.807, 2.05) is 36.4 Å². The minimum atomic E-state index is -3.97.